The summed E-state index contributed by atoms with van der Waals surface area (Å²) in [5.41, 5.74) is 0.940. The molecular formula is C14H20N2O3. The van der Waals surface area contributed by atoms with E-state index in [1.54, 1.807) is 19.0 Å². The lowest BCUT2D eigenvalue weighted by molar-refractivity contribution is -0.136. The number of hydrogen-bond acceptors (Lipinski definition) is 3. The topological polar surface area (TPSA) is 60.9 Å². The van der Waals surface area contributed by atoms with Gasteiger partial charge in [-0.1, -0.05) is 18.2 Å². The predicted octanol–water partition coefficient (Wildman–Crippen LogP) is 1.45. The third-order valence-corrected chi connectivity index (χ3v) is 2.81. The number of anilines is 1. The molecule has 0 spiro atoms. The van der Waals surface area contributed by atoms with Crippen molar-refractivity contribution >= 4 is 17.6 Å². The molecule has 0 aromatic heterocycles. The number of carboxylic acids is 1. The number of hydrogen-bond donors (Lipinski definition) is 1. The van der Waals surface area contributed by atoms with E-state index in [0.29, 0.717) is 19.5 Å². The number of benzene rings is 1. The average molecular weight is 264 g/mol. The highest BCUT2D eigenvalue weighted by Gasteiger charge is 2.11. The fraction of sp³-hybridized carbons (Fsp3) is 0.429. The van der Waals surface area contributed by atoms with Gasteiger partial charge >= 0.3 is 5.97 Å². The Morgan fingerprint density at radius 2 is 1.63 bits per heavy atom. The van der Waals surface area contributed by atoms with Crippen molar-refractivity contribution in [3.63, 3.8) is 0 Å². The van der Waals surface area contributed by atoms with E-state index in [1.807, 2.05) is 35.2 Å². The van der Waals surface area contributed by atoms with Crippen molar-refractivity contribution in [1.82, 2.24) is 4.90 Å². The van der Waals surface area contributed by atoms with Gasteiger partial charge < -0.3 is 14.9 Å². The number of carbonyl (C=O) groups is 2. The van der Waals surface area contributed by atoms with Crippen molar-refractivity contribution in [2.75, 3.05) is 32.1 Å². The maximum atomic E-state index is 11.6. The lowest BCUT2D eigenvalue weighted by Gasteiger charge is -2.24. The highest BCUT2D eigenvalue weighted by molar-refractivity contribution is 5.76. The number of carbonyl (C=O) groups excluding carboxylic acids is 1. The summed E-state index contributed by atoms with van der Waals surface area (Å²) in [6, 6.07) is 9.54. The van der Waals surface area contributed by atoms with Crippen LogP contribution in [0.5, 0.6) is 0 Å². The van der Waals surface area contributed by atoms with E-state index < -0.39 is 5.97 Å². The maximum Gasteiger partial charge on any atom is 0.305 e. The van der Waals surface area contributed by atoms with E-state index in [0.717, 1.165) is 5.69 Å². The van der Waals surface area contributed by atoms with Crippen LogP contribution in [-0.2, 0) is 9.59 Å². The summed E-state index contributed by atoms with van der Waals surface area (Å²) in [6.07, 6.45) is 0.437. The SMILES string of the molecule is CN(C)C(=O)CCN(CCC(=O)O)c1ccccc1. The van der Waals surface area contributed by atoms with E-state index in [2.05, 4.69) is 0 Å². The molecule has 0 aliphatic carbocycles. The van der Waals surface area contributed by atoms with E-state index in [-0.39, 0.29) is 12.3 Å². The van der Waals surface area contributed by atoms with Gasteiger partial charge in [0, 0.05) is 39.3 Å². The number of aliphatic carboxylic acids is 1. The second kappa shape index (κ2) is 7.41. The molecule has 0 aliphatic rings. The second-order valence-electron chi connectivity index (χ2n) is 4.50. The van der Waals surface area contributed by atoms with Gasteiger partial charge in [0.15, 0.2) is 0 Å². The molecule has 19 heavy (non-hydrogen) atoms. The zero-order chi connectivity index (χ0) is 14.3. The molecule has 0 atom stereocenters. The first-order valence-corrected chi connectivity index (χ1v) is 6.22. The Balaban J connectivity index is 2.65. The number of rotatable bonds is 7. The molecule has 0 fully saturated rings. The Kier molecular flexibility index (Phi) is 5.85. The molecule has 104 valence electrons. The summed E-state index contributed by atoms with van der Waals surface area (Å²) in [4.78, 5) is 25.7. The Bertz CT molecular complexity index is 418. The van der Waals surface area contributed by atoms with E-state index >= 15 is 0 Å². The van der Waals surface area contributed by atoms with Crippen molar-refractivity contribution in [3.05, 3.63) is 30.3 Å². The van der Waals surface area contributed by atoms with Gasteiger partial charge in [-0.2, -0.15) is 0 Å². The largest absolute Gasteiger partial charge is 0.481 e. The van der Waals surface area contributed by atoms with E-state index in [9.17, 15) is 9.59 Å². The number of amides is 1. The molecule has 0 radical (unpaired) electrons. The minimum absolute atomic E-state index is 0.0382. The first-order chi connectivity index (χ1) is 9.00. The molecule has 1 N–H and O–H groups in total. The third-order valence-electron chi connectivity index (χ3n) is 2.81. The first-order valence-electron chi connectivity index (χ1n) is 6.22. The fourth-order valence-corrected chi connectivity index (χ4v) is 1.69. The maximum absolute atomic E-state index is 11.6. The van der Waals surface area contributed by atoms with Gasteiger partial charge in [-0.25, -0.2) is 0 Å². The van der Waals surface area contributed by atoms with Crippen LogP contribution in [0.4, 0.5) is 5.69 Å². The van der Waals surface area contributed by atoms with Crippen molar-refractivity contribution in [2.45, 2.75) is 12.8 Å². The predicted molar refractivity (Wildman–Crippen MR) is 74.2 cm³/mol. The molecule has 0 heterocycles. The quantitative estimate of drug-likeness (QED) is 0.809. The highest BCUT2D eigenvalue weighted by atomic mass is 16.4. The van der Waals surface area contributed by atoms with E-state index in [1.165, 1.54) is 0 Å². The van der Waals surface area contributed by atoms with Crippen LogP contribution < -0.4 is 4.90 Å². The van der Waals surface area contributed by atoms with Crippen molar-refractivity contribution < 1.29 is 14.7 Å². The Morgan fingerprint density at radius 1 is 1.05 bits per heavy atom. The summed E-state index contributed by atoms with van der Waals surface area (Å²) in [7, 11) is 3.43. The minimum atomic E-state index is -0.833. The third kappa shape index (κ3) is 5.42. The molecule has 0 saturated heterocycles. The summed E-state index contributed by atoms with van der Waals surface area (Å²) in [5, 5.41) is 8.77. The molecule has 0 saturated carbocycles. The molecule has 1 rings (SSSR count). The van der Waals surface area contributed by atoms with Gasteiger partial charge in [-0.3, -0.25) is 9.59 Å². The van der Waals surface area contributed by atoms with Crippen LogP contribution in [0.15, 0.2) is 30.3 Å². The normalized spacial score (nSPS) is 10.0. The minimum Gasteiger partial charge on any atom is -0.481 e. The molecule has 0 unspecified atom stereocenters. The van der Waals surface area contributed by atoms with Gasteiger partial charge in [0.05, 0.1) is 6.42 Å². The van der Waals surface area contributed by atoms with Crippen LogP contribution in [0, 0.1) is 0 Å². The van der Waals surface area contributed by atoms with Crippen LogP contribution in [0.2, 0.25) is 0 Å². The zero-order valence-electron chi connectivity index (χ0n) is 11.4. The van der Waals surface area contributed by atoms with Gasteiger partial charge in [-0.05, 0) is 12.1 Å². The monoisotopic (exact) mass is 264 g/mol. The molecule has 1 amide bonds. The molecule has 1 aromatic carbocycles. The summed E-state index contributed by atoms with van der Waals surface area (Å²) in [5.74, 6) is -0.795. The van der Waals surface area contributed by atoms with Crippen molar-refractivity contribution in [3.8, 4) is 0 Å². The standard InChI is InChI=1S/C14H20N2O3/c1-15(2)13(17)8-10-16(11-9-14(18)19)12-6-4-3-5-7-12/h3-7H,8-11H2,1-2H3,(H,18,19). The van der Waals surface area contributed by atoms with E-state index in [4.69, 9.17) is 5.11 Å². The van der Waals surface area contributed by atoms with Gasteiger partial charge in [0.25, 0.3) is 0 Å². The van der Waals surface area contributed by atoms with Crippen LogP contribution in [-0.4, -0.2) is 49.1 Å². The average Bonchev–Trinajstić information content (AvgIpc) is 2.39. The summed E-state index contributed by atoms with van der Waals surface area (Å²) >= 11 is 0. The van der Waals surface area contributed by atoms with Gasteiger partial charge in [-0.15, -0.1) is 0 Å². The second-order valence-corrected chi connectivity index (χ2v) is 4.50. The molecule has 1 aromatic rings. The Hall–Kier alpha value is -2.04. The smallest absolute Gasteiger partial charge is 0.305 e. The number of para-hydroxylation sites is 1. The highest BCUT2D eigenvalue weighted by Crippen LogP contribution is 2.14. The molecule has 5 heteroatoms. The first kappa shape index (κ1) is 15.0. The van der Waals surface area contributed by atoms with Crippen LogP contribution >= 0.6 is 0 Å². The van der Waals surface area contributed by atoms with Gasteiger partial charge in [0.2, 0.25) is 5.91 Å². The lowest BCUT2D eigenvalue weighted by atomic mass is 10.2. The number of nitrogens with zero attached hydrogens (tertiary/aromatic N) is 2. The number of carboxylic acid groups (broad SMARTS) is 1. The fourth-order valence-electron chi connectivity index (χ4n) is 1.69. The van der Waals surface area contributed by atoms with Crippen LogP contribution in [0.1, 0.15) is 12.8 Å². The lowest BCUT2D eigenvalue weighted by Crippen LogP contribution is -2.31. The van der Waals surface area contributed by atoms with Crippen molar-refractivity contribution in [1.29, 1.82) is 0 Å². The Morgan fingerprint density at radius 3 is 2.16 bits per heavy atom. The molecule has 0 bridgehead atoms. The molecule has 0 aliphatic heterocycles. The van der Waals surface area contributed by atoms with Crippen LogP contribution in [0.25, 0.3) is 0 Å². The van der Waals surface area contributed by atoms with Crippen molar-refractivity contribution in [2.24, 2.45) is 0 Å². The van der Waals surface area contributed by atoms with Crippen LogP contribution in [0.3, 0.4) is 0 Å². The summed E-state index contributed by atoms with van der Waals surface area (Å²) < 4.78 is 0. The molecule has 5 nitrogen and oxygen atoms in total. The zero-order valence-corrected chi connectivity index (χ0v) is 11.4. The summed E-state index contributed by atoms with van der Waals surface area (Å²) in [6.45, 7) is 0.925. The van der Waals surface area contributed by atoms with Gasteiger partial charge in [0.1, 0.15) is 0 Å². The Labute approximate surface area is 113 Å². The molecular weight excluding hydrogens is 244 g/mol.